The van der Waals surface area contributed by atoms with Gasteiger partial charge in [-0.15, -0.1) is 0 Å². The molecule has 2 aromatic heterocycles. The molecular weight excluding hydrogens is 188 g/mol. The molecule has 3 heteroatoms. The largest absolute Gasteiger partial charge is 0.468 e. The number of nitrogens with one attached hydrogen (secondary N) is 1. The second-order valence-corrected chi connectivity index (χ2v) is 3.37. The van der Waals surface area contributed by atoms with Crippen molar-refractivity contribution in [2.24, 2.45) is 0 Å². The molecule has 0 aliphatic carbocycles. The molecule has 2 rings (SSSR count). The van der Waals surface area contributed by atoms with Gasteiger partial charge in [0.25, 0.3) is 0 Å². The van der Waals surface area contributed by atoms with Crippen LogP contribution in [-0.2, 0) is 13.0 Å². The molecule has 0 bridgehead atoms. The van der Waals surface area contributed by atoms with Crippen LogP contribution in [0.2, 0.25) is 0 Å². The zero-order valence-electron chi connectivity index (χ0n) is 8.52. The first-order valence-electron chi connectivity index (χ1n) is 5.07. The summed E-state index contributed by atoms with van der Waals surface area (Å²) in [5.74, 6) is 0.973. The van der Waals surface area contributed by atoms with Gasteiger partial charge < -0.3 is 9.73 Å². The Balaban J connectivity index is 1.68. The summed E-state index contributed by atoms with van der Waals surface area (Å²) in [6.45, 7) is 1.72. The summed E-state index contributed by atoms with van der Waals surface area (Å²) in [7, 11) is 0. The molecule has 78 valence electrons. The number of furan rings is 1. The summed E-state index contributed by atoms with van der Waals surface area (Å²) < 4.78 is 5.21. The van der Waals surface area contributed by atoms with Gasteiger partial charge in [-0.1, -0.05) is 6.07 Å². The molecule has 3 nitrogen and oxygen atoms in total. The van der Waals surface area contributed by atoms with E-state index in [1.54, 1.807) is 12.5 Å². The first-order valence-corrected chi connectivity index (χ1v) is 5.07. The van der Waals surface area contributed by atoms with Gasteiger partial charge >= 0.3 is 0 Å². The molecule has 0 atom stereocenters. The summed E-state index contributed by atoms with van der Waals surface area (Å²) in [5.41, 5.74) is 1.25. The highest BCUT2D eigenvalue weighted by atomic mass is 16.3. The third kappa shape index (κ3) is 3.22. The van der Waals surface area contributed by atoms with E-state index in [0.29, 0.717) is 0 Å². The van der Waals surface area contributed by atoms with Crippen LogP contribution < -0.4 is 5.32 Å². The smallest absolute Gasteiger partial charge is 0.117 e. The van der Waals surface area contributed by atoms with Crippen molar-refractivity contribution in [3.63, 3.8) is 0 Å². The van der Waals surface area contributed by atoms with Crippen molar-refractivity contribution in [2.45, 2.75) is 13.0 Å². The minimum atomic E-state index is 0.785. The highest BCUT2D eigenvalue weighted by Crippen LogP contribution is 1.99. The SMILES string of the molecule is c1cncc(CCNCc2ccco2)c1. The molecule has 2 heterocycles. The average Bonchev–Trinajstić information content (AvgIpc) is 2.79. The maximum absolute atomic E-state index is 5.21. The molecule has 0 saturated carbocycles. The van der Waals surface area contributed by atoms with Crippen molar-refractivity contribution < 1.29 is 4.42 Å². The van der Waals surface area contributed by atoms with Gasteiger partial charge in [0.05, 0.1) is 12.8 Å². The van der Waals surface area contributed by atoms with E-state index in [-0.39, 0.29) is 0 Å². The van der Waals surface area contributed by atoms with Gasteiger partial charge in [-0.25, -0.2) is 0 Å². The molecule has 0 amide bonds. The van der Waals surface area contributed by atoms with Crippen molar-refractivity contribution in [1.82, 2.24) is 10.3 Å². The van der Waals surface area contributed by atoms with E-state index in [2.05, 4.69) is 16.4 Å². The van der Waals surface area contributed by atoms with E-state index in [1.807, 2.05) is 24.4 Å². The highest BCUT2D eigenvalue weighted by Gasteiger charge is 1.95. The summed E-state index contributed by atoms with van der Waals surface area (Å²) in [6, 6.07) is 7.92. The predicted octanol–water partition coefficient (Wildman–Crippen LogP) is 2.01. The number of pyridine rings is 1. The molecule has 2 aromatic rings. The monoisotopic (exact) mass is 202 g/mol. The summed E-state index contributed by atoms with van der Waals surface area (Å²) in [6.07, 6.45) is 6.38. The summed E-state index contributed by atoms with van der Waals surface area (Å²) in [4.78, 5) is 4.07. The van der Waals surface area contributed by atoms with Crippen LogP contribution in [0.3, 0.4) is 0 Å². The number of rotatable bonds is 5. The Morgan fingerprint density at radius 3 is 3.00 bits per heavy atom. The van der Waals surface area contributed by atoms with E-state index < -0.39 is 0 Å². The lowest BCUT2D eigenvalue weighted by Gasteiger charge is -2.02. The molecule has 0 aliphatic heterocycles. The fourth-order valence-corrected chi connectivity index (χ4v) is 1.40. The topological polar surface area (TPSA) is 38.1 Å². The average molecular weight is 202 g/mol. The van der Waals surface area contributed by atoms with Crippen LogP contribution in [0, 0.1) is 0 Å². The van der Waals surface area contributed by atoms with Crippen LogP contribution in [0.25, 0.3) is 0 Å². The van der Waals surface area contributed by atoms with Crippen LogP contribution in [0.5, 0.6) is 0 Å². The van der Waals surface area contributed by atoms with Gasteiger partial charge in [0.2, 0.25) is 0 Å². The highest BCUT2D eigenvalue weighted by molar-refractivity contribution is 5.08. The lowest BCUT2D eigenvalue weighted by Crippen LogP contribution is -2.16. The molecule has 15 heavy (non-hydrogen) atoms. The Morgan fingerprint density at radius 2 is 2.27 bits per heavy atom. The van der Waals surface area contributed by atoms with E-state index >= 15 is 0 Å². The summed E-state index contributed by atoms with van der Waals surface area (Å²) >= 11 is 0. The molecule has 0 fully saturated rings. The van der Waals surface area contributed by atoms with Gasteiger partial charge in [0, 0.05) is 12.4 Å². The van der Waals surface area contributed by atoms with Gasteiger partial charge in [0.1, 0.15) is 5.76 Å². The zero-order chi connectivity index (χ0) is 10.3. The molecule has 0 aliphatic rings. The van der Waals surface area contributed by atoms with Crippen LogP contribution in [0.4, 0.5) is 0 Å². The van der Waals surface area contributed by atoms with E-state index in [1.165, 1.54) is 5.56 Å². The van der Waals surface area contributed by atoms with Crippen molar-refractivity contribution >= 4 is 0 Å². The van der Waals surface area contributed by atoms with Gasteiger partial charge in [0.15, 0.2) is 0 Å². The Labute approximate surface area is 89.1 Å². The first kappa shape index (κ1) is 9.93. The predicted molar refractivity (Wildman–Crippen MR) is 58.4 cm³/mol. The number of hydrogen-bond acceptors (Lipinski definition) is 3. The Kier molecular flexibility index (Phi) is 3.52. The van der Waals surface area contributed by atoms with Crippen molar-refractivity contribution in [1.29, 1.82) is 0 Å². The standard InChI is InChI=1S/C12H14N2O/c1-3-11(9-13-6-1)5-7-14-10-12-4-2-8-15-12/h1-4,6,8-9,14H,5,7,10H2. The molecule has 0 unspecified atom stereocenters. The van der Waals surface area contributed by atoms with Crippen molar-refractivity contribution in [3.8, 4) is 0 Å². The zero-order valence-corrected chi connectivity index (χ0v) is 8.52. The molecular formula is C12H14N2O. The lowest BCUT2D eigenvalue weighted by molar-refractivity contribution is 0.484. The van der Waals surface area contributed by atoms with E-state index in [0.717, 1.165) is 25.3 Å². The van der Waals surface area contributed by atoms with Crippen LogP contribution in [-0.4, -0.2) is 11.5 Å². The van der Waals surface area contributed by atoms with Crippen molar-refractivity contribution in [3.05, 3.63) is 54.2 Å². The minimum Gasteiger partial charge on any atom is -0.468 e. The normalized spacial score (nSPS) is 10.4. The number of nitrogens with zero attached hydrogens (tertiary/aromatic N) is 1. The van der Waals surface area contributed by atoms with E-state index in [9.17, 15) is 0 Å². The third-order valence-electron chi connectivity index (χ3n) is 2.19. The fourth-order valence-electron chi connectivity index (χ4n) is 1.40. The molecule has 0 saturated heterocycles. The number of aromatic nitrogens is 1. The minimum absolute atomic E-state index is 0.785. The van der Waals surface area contributed by atoms with Gasteiger partial charge in [-0.3, -0.25) is 4.98 Å². The summed E-state index contributed by atoms with van der Waals surface area (Å²) in [5, 5.41) is 3.31. The van der Waals surface area contributed by atoms with Crippen LogP contribution in [0.15, 0.2) is 47.3 Å². The molecule has 0 spiro atoms. The second kappa shape index (κ2) is 5.32. The second-order valence-electron chi connectivity index (χ2n) is 3.37. The third-order valence-corrected chi connectivity index (χ3v) is 2.19. The van der Waals surface area contributed by atoms with Crippen molar-refractivity contribution in [2.75, 3.05) is 6.54 Å². The maximum atomic E-state index is 5.21. The molecule has 0 aromatic carbocycles. The lowest BCUT2D eigenvalue weighted by atomic mass is 10.2. The van der Waals surface area contributed by atoms with Gasteiger partial charge in [-0.05, 0) is 36.7 Å². The van der Waals surface area contributed by atoms with E-state index in [4.69, 9.17) is 4.42 Å². The molecule has 0 radical (unpaired) electrons. The van der Waals surface area contributed by atoms with Crippen LogP contribution in [0.1, 0.15) is 11.3 Å². The Bertz CT molecular complexity index is 370. The maximum Gasteiger partial charge on any atom is 0.117 e. The fraction of sp³-hybridized carbons (Fsp3) is 0.250. The quantitative estimate of drug-likeness (QED) is 0.754. The first-order chi connectivity index (χ1) is 7.45. The van der Waals surface area contributed by atoms with Gasteiger partial charge in [-0.2, -0.15) is 0 Å². The number of hydrogen-bond donors (Lipinski definition) is 1. The Morgan fingerprint density at radius 1 is 1.27 bits per heavy atom. The van der Waals surface area contributed by atoms with Crippen LogP contribution >= 0.6 is 0 Å². The Hall–Kier alpha value is -1.61. The molecule has 1 N–H and O–H groups in total.